The second-order valence-electron chi connectivity index (χ2n) is 6.53. The minimum atomic E-state index is -0.479. The van der Waals surface area contributed by atoms with Crippen molar-refractivity contribution < 1.29 is 13.9 Å². The SMILES string of the molecule is COC(=O)c1ccc2c(=O)[nH]c(CN3CCCc4cc(F)ccc43)nc2c1. The molecule has 0 bridgehead atoms. The second kappa shape index (κ2) is 6.83. The van der Waals surface area contributed by atoms with Gasteiger partial charge >= 0.3 is 5.97 Å². The maximum atomic E-state index is 13.5. The molecule has 0 amide bonds. The van der Waals surface area contributed by atoms with Crippen LogP contribution in [0.5, 0.6) is 0 Å². The van der Waals surface area contributed by atoms with Gasteiger partial charge in [-0.2, -0.15) is 0 Å². The minimum absolute atomic E-state index is 0.247. The molecule has 0 saturated heterocycles. The van der Waals surface area contributed by atoms with Gasteiger partial charge < -0.3 is 14.6 Å². The van der Waals surface area contributed by atoms with Gasteiger partial charge in [0, 0.05) is 12.2 Å². The van der Waals surface area contributed by atoms with Crippen molar-refractivity contribution in [3.8, 4) is 0 Å². The maximum Gasteiger partial charge on any atom is 0.337 e. The molecule has 7 heteroatoms. The minimum Gasteiger partial charge on any atom is -0.465 e. The van der Waals surface area contributed by atoms with E-state index < -0.39 is 5.97 Å². The van der Waals surface area contributed by atoms with Gasteiger partial charge in [0.2, 0.25) is 0 Å². The lowest BCUT2D eigenvalue weighted by Gasteiger charge is -2.30. The molecular weight excluding hydrogens is 349 g/mol. The topological polar surface area (TPSA) is 75.3 Å². The lowest BCUT2D eigenvalue weighted by Crippen LogP contribution is -2.30. The third-order valence-corrected chi connectivity index (χ3v) is 4.77. The number of aromatic amines is 1. The number of aryl methyl sites for hydroxylation is 1. The number of halogens is 1. The quantitative estimate of drug-likeness (QED) is 0.721. The first-order valence-electron chi connectivity index (χ1n) is 8.70. The Labute approximate surface area is 154 Å². The Morgan fingerprint density at radius 1 is 1.30 bits per heavy atom. The highest BCUT2D eigenvalue weighted by atomic mass is 19.1. The van der Waals surface area contributed by atoms with Gasteiger partial charge in [-0.05, 0) is 54.8 Å². The van der Waals surface area contributed by atoms with Gasteiger partial charge in [0.1, 0.15) is 11.6 Å². The van der Waals surface area contributed by atoms with Crippen LogP contribution in [-0.2, 0) is 17.7 Å². The number of nitrogens with one attached hydrogen (secondary N) is 1. The number of fused-ring (bicyclic) bond motifs is 2. The van der Waals surface area contributed by atoms with Crippen LogP contribution in [0, 0.1) is 5.82 Å². The first-order valence-corrected chi connectivity index (χ1v) is 8.70. The summed E-state index contributed by atoms with van der Waals surface area (Å²) in [7, 11) is 1.31. The van der Waals surface area contributed by atoms with E-state index in [2.05, 4.69) is 14.9 Å². The zero-order chi connectivity index (χ0) is 19.0. The van der Waals surface area contributed by atoms with Crippen LogP contribution in [0.25, 0.3) is 10.9 Å². The average molecular weight is 367 g/mol. The van der Waals surface area contributed by atoms with Crippen molar-refractivity contribution >= 4 is 22.6 Å². The molecule has 0 saturated carbocycles. The first kappa shape index (κ1) is 17.2. The maximum absolute atomic E-state index is 13.5. The second-order valence-corrected chi connectivity index (χ2v) is 6.53. The standard InChI is InChI=1S/C20H18FN3O3/c1-27-20(26)13-4-6-15-16(10-13)22-18(23-19(15)25)11-24-8-2-3-12-9-14(21)5-7-17(12)24/h4-7,9-10H,2-3,8,11H2,1H3,(H,22,23,25). The summed E-state index contributed by atoms with van der Waals surface area (Å²) in [6, 6.07) is 9.42. The number of methoxy groups -OCH3 is 1. The molecule has 0 radical (unpaired) electrons. The molecule has 0 spiro atoms. The number of carbonyl (C=O) groups excluding carboxylic acids is 1. The van der Waals surface area contributed by atoms with E-state index in [1.54, 1.807) is 30.3 Å². The van der Waals surface area contributed by atoms with E-state index in [4.69, 9.17) is 4.74 Å². The number of nitrogens with zero attached hydrogens (tertiary/aromatic N) is 2. The smallest absolute Gasteiger partial charge is 0.337 e. The van der Waals surface area contributed by atoms with Crippen molar-refractivity contribution in [2.24, 2.45) is 0 Å². The highest BCUT2D eigenvalue weighted by molar-refractivity contribution is 5.93. The van der Waals surface area contributed by atoms with Crippen LogP contribution >= 0.6 is 0 Å². The van der Waals surface area contributed by atoms with E-state index in [1.807, 2.05) is 0 Å². The molecule has 4 rings (SSSR count). The van der Waals surface area contributed by atoms with Crippen LogP contribution < -0.4 is 10.5 Å². The predicted molar refractivity (Wildman–Crippen MR) is 99.5 cm³/mol. The zero-order valence-electron chi connectivity index (χ0n) is 14.8. The molecule has 3 aromatic rings. The summed E-state index contributed by atoms with van der Waals surface area (Å²) < 4.78 is 18.2. The van der Waals surface area contributed by atoms with Gasteiger partial charge in [-0.3, -0.25) is 4.79 Å². The molecule has 1 N–H and O–H groups in total. The molecule has 1 aliphatic heterocycles. The predicted octanol–water partition coefficient (Wildman–Crippen LogP) is 2.80. The third kappa shape index (κ3) is 3.28. The molecule has 1 aromatic heterocycles. The summed E-state index contributed by atoms with van der Waals surface area (Å²) in [5, 5.41) is 0.410. The fourth-order valence-corrected chi connectivity index (χ4v) is 3.50. The number of ether oxygens (including phenoxy) is 1. The van der Waals surface area contributed by atoms with Crippen molar-refractivity contribution in [3.05, 3.63) is 69.5 Å². The Morgan fingerprint density at radius 3 is 2.96 bits per heavy atom. The third-order valence-electron chi connectivity index (χ3n) is 4.77. The average Bonchev–Trinajstić information content (AvgIpc) is 2.67. The number of anilines is 1. The fourth-order valence-electron chi connectivity index (χ4n) is 3.50. The number of esters is 1. The molecular formula is C20H18FN3O3. The Hall–Kier alpha value is -3.22. The molecule has 27 heavy (non-hydrogen) atoms. The van der Waals surface area contributed by atoms with Gasteiger partial charge in [0.05, 0.1) is 30.1 Å². The molecule has 0 fully saturated rings. The number of carbonyl (C=O) groups is 1. The summed E-state index contributed by atoms with van der Waals surface area (Å²) in [4.78, 5) is 33.5. The summed E-state index contributed by atoms with van der Waals surface area (Å²) in [6.45, 7) is 1.19. The van der Waals surface area contributed by atoms with E-state index in [-0.39, 0.29) is 11.4 Å². The van der Waals surface area contributed by atoms with Crippen LogP contribution in [0.2, 0.25) is 0 Å². The van der Waals surface area contributed by atoms with Crippen LogP contribution in [-0.4, -0.2) is 29.6 Å². The highest BCUT2D eigenvalue weighted by Gasteiger charge is 2.19. The first-order chi connectivity index (χ1) is 13.0. The van der Waals surface area contributed by atoms with Crippen LogP contribution in [0.4, 0.5) is 10.1 Å². The zero-order valence-corrected chi connectivity index (χ0v) is 14.8. The normalized spacial score (nSPS) is 13.5. The molecule has 2 heterocycles. The molecule has 1 aliphatic rings. The van der Waals surface area contributed by atoms with Gasteiger partial charge in [-0.25, -0.2) is 14.2 Å². The molecule has 6 nitrogen and oxygen atoms in total. The van der Waals surface area contributed by atoms with Gasteiger partial charge in [0.25, 0.3) is 5.56 Å². The van der Waals surface area contributed by atoms with E-state index in [9.17, 15) is 14.0 Å². The number of hydrogen-bond donors (Lipinski definition) is 1. The van der Waals surface area contributed by atoms with Gasteiger partial charge in [0.15, 0.2) is 0 Å². The van der Waals surface area contributed by atoms with Crippen molar-refractivity contribution in [3.63, 3.8) is 0 Å². The molecule has 2 aromatic carbocycles. The van der Waals surface area contributed by atoms with Crippen molar-refractivity contribution in [2.45, 2.75) is 19.4 Å². The van der Waals surface area contributed by atoms with E-state index in [0.717, 1.165) is 30.6 Å². The summed E-state index contributed by atoms with van der Waals surface area (Å²) in [5.41, 5.74) is 2.43. The van der Waals surface area contributed by atoms with E-state index >= 15 is 0 Å². The number of aromatic nitrogens is 2. The number of benzene rings is 2. The van der Waals surface area contributed by atoms with Crippen LogP contribution in [0.3, 0.4) is 0 Å². The van der Waals surface area contributed by atoms with Crippen LogP contribution in [0.1, 0.15) is 28.2 Å². The Balaban J connectivity index is 1.71. The monoisotopic (exact) mass is 367 g/mol. The lowest BCUT2D eigenvalue weighted by atomic mass is 10.0. The van der Waals surface area contributed by atoms with Gasteiger partial charge in [-0.15, -0.1) is 0 Å². The van der Waals surface area contributed by atoms with Crippen molar-refractivity contribution in [2.75, 3.05) is 18.6 Å². The Kier molecular flexibility index (Phi) is 4.35. The molecule has 138 valence electrons. The Bertz CT molecular complexity index is 1090. The van der Waals surface area contributed by atoms with Crippen molar-refractivity contribution in [1.29, 1.82) is 0 Å². The number of hydrogen-bond acceptors (Lipinski definition) is 5. The van der Waals surface area contributed by atoms with E-state index in [0.29, 0.717) is 28.8 Å². The molecule has 0 unspecified atom stereocenters. The molecule has 0 aliphatic carbocycles. The van der Waals surface area contributed by atoms with Crippen LogP contribution in [0.15, 0.2) is 41.2 Å². The summed E-state index contributed by atoms with van der Waals surface area (Å²) in [5.74, 6) is -0.234. The number of rotatable bonds is 3. The largest absolute Gasteiger partial charge is 0.465 e. The van der Waals surface area contributed by atoms with E-state index in [1.165, 1.54) is 13.2 Å². The van der Waals surface area contributed by atoms with Crippen molar-refractivity contribution in [1.82, 2.24) is 9.97 Å². The Morgan fingerprint density at radius 2 is 2.15 bits per heavy atom. The summed E-state index contributed by atoms with van der Waals surface area (Å²) >= 11 is 0. The number of H-pyrrole nitrogens is 1. The molecule has 0 atom stereocenters. The fraction of sp³-hybridized carbons (Fsp3) is 0.250. The highest BCUT2D eigenvalue weighted by Crippen LogP contribution is 2.28. The lowest BCUT2D eigenvalue weighted by molar-refractivity contribution is 0.0601. The summed E-state index contributed by atoms with van der Waals surface area (Å²) in [6.07, 6.45) is 1.73. The van der Waals surface area contributed by atoms with Gasteiger partial charge in [-0.1, -0.05) is 0 Å².